The van der Waals surface area contributed by atoms with Gasteiger partial charge < -0.3 is 10.2 Å². The summed E-state index contributed by atoms with van der Waals surface area (Å²) in [6.45, 7) is 4.24. The highest BCUT2D eigenvalue weighted by atomic mass is 19.1. The van der Waals surface area contributed by atoms with E-state index in [0.29, 0.717) is 12.1 Å². The first-order valence-electron chi connectivity index (χ1n) is 5.90. The minimum Gasteiger partial charge on any atom is -0.508 e. The van der Waals surface area contributed by atoms with Crippen LogP contribution in [0.2, 0.25) is 0 Å². The van der Waals surface area contributed by atoms with E-state index in [-0.39, 0.29) is 18.3 Å². The second kappa shape index (κ2) is 6.35. The number of phenolic OH excluding ortho intramolecular Hbond substituents is 1. The van der Waals surface area contributed by atoms with Crippen LogP contribution in [-0.2, 0) is 4.79 Å². The van der Waals surface area contributed by atoms with Crippen molar-refractivity contribution in [2.45, 2.75) is 26.3 Å². The van der Waals surface area contributed by atoms with Crippen LogP contribution in [0.1, 0.15) is 31.9 Å². The Hall–Kier alpha value is -1.62. The zero-order chi connectivity index (χ0) is 13.7. The molecule has 18 heavy (non-hydrogen) atoms. The third-order valence-electron chi connectivity index (χ3n) is 2.84. The molecule has 1 aromatic carbocycles. The van der Waals surface area contributed by atoms with Gasteiger partial charge in [-0.1, -0.05) is 13.0 Å². The Morgan fingerprint density at radius 1 is 1.50 bits per heavy atom. The molecule has 0 saturated heterocycles. The van der Waals surface area contributed by atoms with E-state index in [9.17, 15) is 14.3 Å². The van der Waals surface area contributed by atoms with Crippen LogP contribution in [0.5, 0.6) is 5.75 Å². The Labute approximate surface area is 106 Å². The van der Waals surface area contributed by atoms with Crippen LogP contribution in [0.15, 0.2) is 18.2 Å². The number of carboxylic acid groups (broad SMARTS) is 1. The van der Waals surface area contributed by atoms with Crippen molar-refractivity contribution in [1.82, 2.24) is 4.90 Å². The average Bonchev–Trinajstić information content (AvgIpc) is 2.27. The van der Waals surface area contributed by atoms with Crippen LogP contribution in [0.3, 0.4) is 0 Å². The first kappa shape index (κ1) is 14.4. The van der Waals surface area contributed by atoms with Gasteiger partial charge in [-0.25, -0.2) is 4.39 Å². The van der Waals surface area contributed by atoms with Crippen LogP contribution in [0.4, 0.5) is 4.39 Å². The molecule has 1 rings (SSSR count). The lowest BCUT2D eigenvalue weighted by Gasteiger charge is -2.27. The van der Waals surface area contributed by atoms with E-state index < -0.39 is 11.8 Å². The molecule has 0 fully saturated rings. The molecule has 0 aromatic heterocycles. The molecular weight excluding hydrogens is 237 g/mol. The standard InChI is InChI=1S/C13H18FNO3/c1-3-6-15(8-13(17)18)9(2)11-5-4-10(14)7-12(11)16/h4-5,7,9,16H,3,6,8H2,1-2H3,(H,17,18). The molecule has 2 N–H and O–H groups in total. The number of rotatable bonds is 6. The lowest BCUT2D eigenvalue weighted by molar-refractivity contribution is -0.138. The van der Waals surface area contributed by atoms with Crippen LogP contribution in [0.25, 0.3) is 0 Å². The smallest absolute Gasteiger partial charge is 0.317 e. The fourth-order valence-electron chi connectivity index (χ4n) is 1.94. The molecule has 1 aromatic rings. The lowest BCUT2D eigenvalue weighted by atomic mass is 10.1. The van der Waals surface area contributed by atoms with Crippen LogP contribution >= 0.6 is 0 Å². The van der Waals surface area contributed by atoms with E-state index in [1.165, 1.54) is 12.1 Å². The summed E-state index contributed by atoms with van der Waals surface area (Å²) in [7, 11) is 0. The Bertz CT molecular complexity index is 423. The van der Waals surface area contributed by atoms with Gasteiger partial charge in [0.25, 0.3) is 0 Å². The fraction of sp³-hybridized carbons (Fsp3) is 0.462. The minimum atomic E-state index is -0.920. The maximum absolute atomic E-state index is 12.9. The predicted molar refractivity (Wildman–Crippen MR) is 66.0 cm³/mol. The van der Waals surface area contributed by atoms with Gasteiger partial charge >= 0.3 is 5.97 Å². The first-order chi connectivity index (χ1) is 8.45. The molecule has 1 atom stereocenters. The molecule has 0 bridgehead atoms. The molecule has 4 nitrogen and oxygen atoms in total. The summed E-state index contributed by atoms with van der Waals surface area (Å²) in [4.78, 5) is 12.5. The van der Waals surface area contributed by atoms with Crippen molar-refractivity contribution >= 4 is 5.97 Å². The number of aliphatic carboxylic acids is 1. The van der Waals surface area contributed by atoms with Crippen molar-refractivity contribution in [3.05, 3.63) is 29.6 Å². The van der Waals surface area contributed by atoms with Crippen molar-refractivity contribution in [2.24, 2.45) is 0 Å². The van der Waals surface area contributed by atoms with E-state index in [0.717, 1.165) is 12.5 Å². The van der Waals surface area contributed by atoms with Crippen LogP contribution in [-0.4, -0.2) is 34.2 Å². The highest BCUT2D eigenvalue weighted by molar-refractivity contribution is 5.69. The highest BCUT2D eigenvalue weighted by Gasteiger charge is 2.20. The van der Waals surface area contributed by atoms with E-state index >= 15 is 0 Å². The van der Waals surface area contributed by atoms with E-state index in [1.54, 1.807) is 11.8 Å². The number of nitrogens with zero attached hydrogens (tertiary/aromatic N) is 1. The number of aromatic hydroxyl groups is 1. The molecule has 0 aliphatic rings. The molecule has 0 aliphatic carbocycles. The lowest BCUT2D eigenvalue weighted by Crippen LogP contribution is -2.33. The summed E-state index contributed by atoms with van der Waals surface area (Å²) >= 11 is 0. The Kier molecular flexibility index (Phi) is 5.09. The number of halogens is 1. The third-order valence-corrected chi connectivity index (χ3v) is 2.84. The van der Waals surface area contributed by atoms with Gasteiger partial charge in [-0.15, -0.1) is 0 Å². The van der Waals surface area contributed by atoms with E-state index in [1.807, 2.05) is 6.92 Å². The number of hydrogen-bond donors (Lipinski definition) is 2. The maximum atomic E-state index is 12.9. The normalized spacial score (nSPS) is 12.7. The van der Waals surface area contributed by atoms with Crippen LogP contribution < -0.4 is 0 Å². The monoisotopic (exact) mass is 255 g/mol. The van der Waals surface area contributed by atoms with Crippen molar-refractivity contribution in [1.29, 1.82) is 0 Å². The predicted octanol–water partition coefficient (Wildman–Crippen LogP) is 2.39. The SMILES string of the molecule is CCCN(CC(=O)O)C(C)c1ccc(F)cc1O. The maximum Gasteiger partial charge on any atom is 0.317 e. The summed E-state index contributed by atoms with van der Waals surface area (Å²) in [5.41, 5.74) is 0.533. The zero-order valence-corrected chi connectivity index (χ0v) is 10.6. The van der Waals surface area contributed by atoms with Crippen molar-refractivity contribution in [3.63, 3.8) is 0 Å². The fourth-order valence-corrected chi connectivity index (χ4v) is 1.94. The number of carbonyl (C=O) groups is 1. The number of carboxylic acids is 1. The summed E-state index contributed by atoms with van der Waals surface area (Å²) in [6, 6.07) is 3.51. The largest absolute Gasteiger partial charge is 0.508 e. The molecule has 0 spiro atoms. The van der Waals surface area contributed by atoms with Crippen LogP contribution in [0, 0.1) is 5.82 Å². The number of phenols is 1. The number of hydrogen-bond acceptors (Lipinski definition) is 3. The quantitative estimate of drug-likeness (QED) is 0.819. The van der Waals surface area contributed by atoms with Crippen molar-refractivity contribution in [2.75, 3.05) is 13.1 Å². The zero-order valence-electron chi connectivity index (χ0n) is 10.6. The van der Waals surface area contributed by atoms with Crippen molar-refractivity contribution < 1.29 is 19.4 Å². The second-order valence-corrected chi connectivity index (χ2v) is 4.24. The summed E-state index contributed by atoms with van der Waals surface area (Å²) in [5, 5.41) is 18.6. The summed E-state index contributed by atoms with van der Waals surface area (Å²) in [5.74, 6) is -1.57. The molecule has 0 radical (unpaired) electrons. The Morgan fingerprint density at radius 3 is 2.67 bits per heavy atom. The number of benzene rings is 1. The van der Waals surface area contributed by atoms with E-state index in [2.05, 4.69) is 0 Å². The molecule has 5 heteroatoms. The topological polar surface area (TPSA) is 60.8 Å². The van der Waals surface area contributed by atoms with Gasteiger partial charge in [-0.2, -0.15) is 0 Å². The van der Waals surface area contributed by atoms with Gasteiger partial charge in [-0.3, -0.25) is 9.69 Å². The molecule has 0 saturated carbocycles. The third kappa shape index (κ3) is 3.70. The van der Waals surface area contributed by atoms with Gasteiger partial charge in [0, 0.05) is 17.7 Å². The highest BCUT2D eigenvalue weighted by Crippen LogP contribution is 2.28. The van der Waals surface area contributed by atoms with Gasteiger partial charge in [0.15, 0.2) is 0 Å². The molecular formula is C13H18FNO3. The van der Waals surface area contributed by atoms with Gasteiger partial charge in [0.2, 0.25) is 0 Å². The minimum absolute atomic E-state index is 0.105. The molecule has 1 unspecified atom stereocenters. The van der Waals surface area contributed by atoms with Gasteiger partial charge in [-0.05, 0) is 26.0 Å². The Morgan fingerprint density at radius 2 is 2.17 bits per heavy atom. The molecule has 0 heterocycles. The Balaban J connectivity index is 2.93. The van der Waals surface area contributed by atoms with Gasteiger partial charge in [0.1, 0.15) is 11.6 Å². The first-order valence-corrected chi connectivity index (χ1v) is 5.90. The molecule has 0 aliphatic heterocycles. The second-order valence-electron chi connectivity index (χ2n) is 4.24. The van der Waals surface area contributed by atoms with E-state index in [4.69, 9.17) is 5.11 Å². The van der Waals surface area contributed by atoms with Crippen molar-refractivity contribution in [3.8, 4) is 5.75 Å². The molecule has 0 amide bonds. The summed E-state index contributed by atoms with van der Waals surface area (Å²) in [6.07, 6.45) is 0.805. The van der Waals surface area contributed by atoms with Gasteiger partial charge in [0.05, 0.1) is 6.54 Å². The summed E-state index contributed by atoms with van der Waals surface area (Å²) < 4.78 is 12.9. The molecule has 100 valence electrons. The average molecular weight is 255 g/mol.